The van der Waals surface area contributed by atoms with Crippen molar-refractivity contribution in [2.75, 3.05) is 0 Å². The lowest BCUT2D eigenvalue weighted by Gasteiger charge is -1.97. The molecule has 0 N–H and O–H groups in total. The van der Waals surface area contributed by atoms with Gasteiger partial charge in [-0.05, 0) is 18.9 Å². The number of thiophene rings is 1. The van der Waals surface area contributed by atoms with Gasteiger partial charge in [-0.1, -0.05) is 11.3 Å². The zero-order chi connectivity index (χ0) is 9.47. The highest BCUT2D eigenvalue weighted by Gasteiger charge is 2.46. The number of nitrogens with zero attached hydrogens (tertiary/aromatic N) is 2. The van der Waals surface area contributed by atoms with E-state index >= 15 is 0 Å². The van der Waals surface area contributed by atoms with Crippen LogP contribution in [0.3, 0.4) is 0 Å². The smallest absolute Gasteiger partial charge is 0.258 e. The van der Waals surface area contributed by atoms with E-state index < -0.39 is 4.92 Å². The summed E-state index contributed by atoms with van der Waals surface area (Å²) in [6.07, 6.45) is 1.67. The molecule has 0 radical (unpaired) electrons. The first-order valence-electron chi connectivity index (χ1n) is 3.84. The van der Waals surface area contributed by atoms with E-state index in [9.17, 15) is 10.1 Å². The molecule has 13 heavy (non-hydrogen) atoms. The van der Waals surface area contributed by atoms with Gasteiger partial charge in [-0.3, -0.25) is 10.1 Å². The normalized spacial score (nSPS) is 17.8. The Bertz CT molecular complexity index is 401. The second kappa shape index (κ2) is 2.54. The van der Waals surface area contributed by atoms with Gasteiger partial charge in [-0.25, -0.2) is 0 Å². The van der Waals surface area contributed by atoms with E-state index in [2.05, 4.69) is 6.07 Å². The average molecular weight is 194 g/mol. The van der Waals surface area contributed by atoms with Gasteiger partial charge in [-0.2, -0.15) is 5.26 Å². The van der Waals surface area contributed by atoms with Gasteiger partial charge in [-0.15, -0.1) is 0 Å². The predicted molar refractivity (Wildman–Crippen MR) is 47.5 cm³/mol. The van der Waals surface area contributed by atoms with Crippen LogP contribution in [-0.4, -0.2) is 4.92 Å². The Balaban J connectivity index is 2.34. The Labute approximate surface area is 78.6 Å². The average Bonchev–Trinajstić information content (AvgIpc) is 2.75. The van der Waals surface area contributed by atoms with Gasteiger partial charge in [0, 0.05) is 10.9 Å². The molecule has 1 aliphatic rings. The van der Waals surface area contributed by atoms with Crippen LogP contribution in [0.5, 0.6) is 0 Å². The van der Waals surface area contributed by atoms with Gasteiger partial charge < -0.3 is 0 Å². The van der Waals surface area contributed by atoms with Gasteiger partial charge in [0.05, 0.1) is 16.4 Å². The molecule has 66 valence electrons. The fraction of sp³-hybridized carbons (Fsp3) is 0.375. The van der Waals surface area contributed by atoms with Crippen LogP contribution < -0.4 is 0 Å². The van der Waals surface area contributed by atoms with Crippen LogP contribution >= 0.6 is 11.3 Å². The predicted octanol–water partition coefficient (Wildman–Crippen LogP) is 2.21. The molecule has 1 fully saturated rings. The SMILES string of the molecule is N#CC1(c2ccc([N+](=O)[O-])s2)CC1. The standard InChI is InChI=1S/C8H6N2O2S/c9-5-8(3-4-8)6-1-2-7(13-6)10(11)12/h1-2H,3-4H2. The van der Waals surface area contributed by atoms with Gasteiger partial charge >= 0.3 is 5.00 Å². The van der Waals surface area contributed by atoms with Crippen LogP contribution in [-0.2, 0) is 5.41 Å². The van der Waals surface area contributed by atoms with E-state index in [0.717, 1.165) is 29.1 Å². The van der Waals surface area contributed by atoms with E-state index in [1.807, 2.05) is 0 Å². The molecule has 0 aromatic carbocycles. The number of hydrogen-bond acceptors (Lipinski definition) is 4. The summed E-state index contributed by atoms with van der Waals surface area (Å²) in [4.78, 5) is 10.8. The summed E-state index contributed by atoms with van der Waals surface area (Å²) >= 11 is 1.11. The molecule has 2 rings (SSSR count). The second-order valence-electron chi connectivity index (χ2n) is 3.09. The van der Waals surface area contributed by atoms with Crippen molar-refractivity contribution in [2.45, 2.75) is 18.3 Å². The largest absolute Gasteiger partial charge is 0.324 e. The van der Waals surface area contributed by atoms with Crippen LogP contribution in [0.4, 0.5) is 5.00 Å². The first-order valence-corrected chi connectivity index (χ1v) is 4.65. The summed E-state index contributed by atoms with van der Waals surface area (Å²) in [5, 5.41) is 19.3. The second-order valence-corrected chi connectivity index (χ2v) is 4.15. The maximum absolute atomic E-state index is 10.4. The molecule has 0 saturated heterocycles. The molecule has 1 saturated carbocycles. The first kappa shape index (κ1) is 8.20. The zero-order valence-corrected chi connectivity index (χ0v) is 7.50. The van der Waals surface area contributed by atoms with E-state index in [0.29, 0.717) is 0 Å². The summed E-state index contributed by atoms with van der Waals surface area (Å²) in [6, 6.07) is 5.37. The van der Waals surface area contributed by atoms with Crippen molar-refractivity contribution in [1.82, 2.24) is 0 Å². The molecule has 4 nitrogen and oxygen atoms in total. The summed E-state index contributed by atoms with van der Waals surface area (Å²) in [5.74, 6) is 0. The molecular formula is C8H6N2O2S. The molecule has 1 heterocycles. The quantitative estimate of drug-likeness (QED) is 0.535. The molecule has 1 aliphatic carbocycles. The fourth-order valence-electron chi connectivity index (χ4n) is 1.22. The van der Waals surface area contributed by atoms with E-state index in [4.69, 9.17) is 5.26 Å². The maximum Gasteiger partial charge on any atom is 0.324 e. The van der Waals surface area contributed by atoms with Gasteiger partial charge in [0.15, 0.2) is 0 Å². The minimum Gasteiger partial charge on any atom is -0.258 e. The lowest BCUT2D eigenvalue weighted by molar-refractivity contribution is -0.380. The van der Waals surface area contributed by atoms with Crippen molar-refractivity contribution in [2.24, 2.45) is 0 Å². The van der Waals surface area contributed by atoms with E-state index in [1.165, 1.54) is 6.07 Å². The molecule has 0 amide bonds. The Morgan fingerprint density at radius 1 is 1.62 bits per heavy atom. The molecule has 5 heteroatoms. The molecule has 0 unspecified atom stereocenters. The maximum atomic E-state index is 10.4. The number of nitriles is 1. The van der Waals surface area contributed by atoms with Crippen molar-refractivity contribution in [1.29, 1.82) is 5.26 Å². The van der Waals surface area contributed by atoms with Gasteiger partial charge in [0.1, 0.15) is 0 Å². The molecule has 0 aliphatic heterocycles. The third-order valence-corrected chi connectivity index (χ3v) is 3.45. The zero-order valence-electron chi connectivity index (χ0n) is 6.69. The topological polar surface area (TPSA) is 66.9 Å². The first-order chi connectivity index (χ1) is 6.18. The number of hydrogen-bond donors (Lipinski definition) is 0. The molecule has 0 spiro atoms. The summed E-state index contributed by atoms with van der Waals surface area (Å²) in [5.41, 5.74) is -0.390. The van der Waals surface area contributed by atoms with Crippen molar-refractivity contribution in [3.63, 3.8) is 0 Å². The molecule has 0 bridgehead atoms. The number of nitro groups is 1. The number of rotatable bonds is 2. The highest BCUT2D eigenvalue weighted by atomic mass is 32.1. The molecular weight excluding hydrogens is 188 g/mol. The Morgan fingerprint density at radius 3 is 2.69 bits per heavy atom. The molecule has 1 aromatic rings. The summed E-state index contributed by atoms with van der Waals surface area (Å²) in [6.45, 7) is 0. The monoisotopic (exact) mass is 194 g/mol. The highest BCUT2D eigenvalue weighted by molar-refractivity contribution is 7.15. The molecule has 0 atom stereocenters. The summed E-state index contributed by atoms with van der Waals surface area (Å²) < 4.78 is 0. The Hall–Kier alpha value is -1.41. The van der Waals surface area contributed by atoms with Crippen LogP contribution in [0.1, 0.15) is 17.7 Å². The van der Waals surface area contributed by atoms with Crippen molar-refractivity contribution >= 4 is 16.3 Å². The van der Waals surface area contributed by atoms with Crippen molar-refractivity contribution in [3.8, 4) is 6.07 Å². The van der Waals surface area contributed by atoms with E-state index in [-0.39, 0.29) is 10.4 Å². The van der Waals surface area contributed by atoms with Crippen molar-refractivity contribution in [3.05, 3.63) is 27.1 Å². The third kappa shape index (κ3) is 1.19. The minimum atomic E-state index is -0.415. The Kier molecular flexibility index (Phi) is 1.60. The lowest BCUT2D eigenvalue weighted by atomic mass is 10.1. The minimum absolute atomic E-state index is 0.122. The van der Waals surface area contributed by atoms with Crippen LogP contribution in [0.15, 0.2) is 12.1 Å². The van der Waals surface area contributed by atoms with Crippen LogP contribution in [0.25, 0.3) is 0 Å². The summed E-state index contributed by atoms with van der Waals surface area (Å²) in [7, 11) is 0. The fourth-order valence-corrected chi connectivity index (χ4v) is 2.24. The van der Waals surface area contributed by atoms with Gasteiger partial charge in [0.25, 0.3) is 0 Å². The Morgan fingerprint density at radius 2 is 2.31 bits per heavy atom. The lowest BCUT2D eigenvalue weighted by Crippen LogP contribution is -1.97. The van der Waals surface area contributed by atoms with Crippen molar-refractivity contribution < 1.29 is 4.92 Å². The van der Waals surface area contributed by atoms with Crippen LogP contribution in [0.2, 0.25) is 0 Å². The molecule has 1 aromatic heterocycles. The third-order valence-electron chi connectivity index (χ3n) is 2.21. The highest BCUT2D eigenvalue weighted by Crippen LogP contribution is 2.50. The van der Waals surface area contributed by atoms with E-state index in [1.54, 1.807) is 6.07 Å². The van der Waals surface area contributed by atoms with Gasteiger partial charge in [0.2, 0.25) is 0 Å². The van der Waals surface area contributed by atoms with Crippen LogP contribution in [0, 0.1) is 21.4 Å².